The third-order valence-corrected chi connectivity index (χ3v) is 4.56. The lowest BCUT2D eigenvalue weighted by atomic mass is 9.80. The maximum atomic E-state index is 11.7. The Labute approximate surface area is 124 Å². The smallest absolute Gasteiger partial charge is 0.244 e. The summed E-state index contributed by atoms with van der Waals surface area (Å²) in [6.45, 7) is 0.296. The number of carbonyl (C=O) groups excluding carboxylic acids is 1. The number of halogens is 1. The first-order valence-electron chi connectivity index (χ1n) is 6.37. The lowest BCUT2D eigenvalue weighted by Crippen LogP contribution is -2.47. The number of carbonyl (C=O) groups is 1. The molecule has 2 heterocycles. The van der Waals surface area contributed by atoms with Crippen LogP contribution in [0, 0.1) is 0 Å². The molecule has 1 saturated carbocycles. The Morgan fingerprint density at radius 1 is 1.65 bits per heavy atom. The minimum atomic E-state index is -0.710. The van der Waals surface area contributed by atoms with E-state index in [1.165, 1.54) is 17.4 Å². The highest BCUT2D eigenvalue weighted by Gasteiger charge is 2.34. The molecule has 7 heteroatoms. The molecule has 2 aromatic heterocycles. The molecule has 1 aliphatic carbocycles. The molecule has 0 spiro atoms. The third kappa shape index (κ3) is 2.59. The highest BCUT2D eigenvalue weighted by atomic mass is 35.5. The summed E-state index contributed by atoms with van der Waals surface area (Å²) < 4.78 is 1.83. The molecular weight excluding hydrogens is 298 g/mol. The number of nitrogens with zero attached hydrogens (tertiary/aromatic N) is 2. The van der Waals surface area contributed by atoms with Gasteiger partial charge < -0.3 is 10.4 Å². The van der Waals surface area contributed by atoms with Crippen LogP contribution in [0.5, 0.6) is 0 Å². The third-order valence-electron chi connectivity index (χ3n) is 3.52. The quantitative estimate of drug-likeness (QED) is 0.850. The van der Waals surface area contributed by atoms with Crippen molar-refractivity contribution in [2.24, 2.45) is 0 Å². The average Bonchev–Trinajstić information content (AvgIpc) is 2.92. The average molecular weight is 312 g/mol. The van der Waals surface area contributed by atoms with E-state index in [9.17, 15) is 9.90 Å². The predicted octanol–water partition coefficient (Wildman–Crippen LogP) is 2.09. The van der Waals surface area contributed by atoms with Gasteiger partial charge in [0, 0.05) is 24.2 Å². The molecule has 0 aliphatic heterocycles. The van der Waals surface area contributed by atoms with Crippen molar-refractivity contribution in [2.45, 2.75) is 24.9 Å². The van der Waals surface area contributed by atoms with Gasteiger partial charge in [-0.3, -0.25) is 9.20 Å². The molecule has 2 aromatic rings. The predicted molar refractivity (Wildman–Crippen MR) is 78.9 cm³/mol. The second-order valence-electron chi connectivity index (χ2n) is 4.97. The van der Waals surface area contributed by atoms with E-state index in [0.717, 1.165) is 24.2 Å². The Morgan fingerprint density at radius 2 is 2.45 bits per heavy atom. The van der Waals surface area contributed by atoms with E-state index < -0.39 is 5.60 Å². The van der Waals surface area contributed by atoms with Crippen molar-refractivity contribution in [3.63, 3.8) is 0 Å². The number of thiazole rings is 1. The minimum absolute atomic E-state index is 0.244. The molecule has 0 radical (unpaired) electrons. The maximum absolute atomic E-state index is 11.7. The van der Waals surface area contributed by atoms with Crippen LogP contribution < -0.4 is 5.32 Å². The summed E-state index contributed by atoms with van der Waals surface area (Å²) in [6, 6.07) is 0. The molecule has 1 amide bonds. The largest absolute Gasteiger partial charge is 0.388 e. The number of rotatable bonds is 4. The number of hydrogen-bond donors (Lipinski definition) is 2. The first kappa shape index (κ1) is 13.6. The van der Waals surface area contributed by atoms with Gasteiger partial charge in [-0.05, 0) is 25.3 Å². The van der Waals surface area contributed by atoms with Crippen LogP contribution in [0.15, 0.2) is 17.7 Å². The summed E-state index contributed by atoms with van der Waals surface area (Å²) in [5.41, 5.74) is -0.0290. The number of nitrogens with one attached hydrogen (secondary N) is 1. The van der Waals surface area contributed by atoms with E-state index >= 15 is 0 Å². The first-order chi connectivity index (χ1) is 9.57. The van der Waals surface area contributed by atoms with Crippen LogP contribution in [0.25, 0.3) is 11.0 Å². The number of aromatic nitrogens is 2. The number of hydrogen-bond acceptors (Lipinski definition) is 4. The number of fused-ring (bicyclic) bond motifs is 1. The molecule has 106 valence electrons. The van der Waals surface area contributed by atoms with Gasteiger partial charge in [-0.25, -0.2) is 4.98 Å². The van der Waals surface area contributed by atoms with Gasteiger partial charge in [0.15, 0.2) is 10.1 Å². The fourth-order valence-electron chi connectivity index (χ4n) is 2.15. The van der Waals surface area contributed by atoms with Crippen LogP contribution in [0.4, 0.5) is 0 Å². The molecule has 1 aliphatic rings. The summed E-state index contributed by atoms with van der Waals surface area (Å²) in [5, 5.41) is 14.9. The molecule has 0 atom stereocenters. The van der Waals surface area contributed by atoms with E-state index in [4.69, 9.17) is 11.6 Å². The first-order valence-corrected chi connectivity index (χ1v) is 7.63. The fourth-order valence-corrected chi connectivity index (χ4v) is 3.16. The van der Waals surface area contributed by atoms with Gasteiger partial charge in [0.1, 0.15) is 0 Å². The van der Waals surface area contributed by atoms with Crippen LogP contribution in [0.2, 0.25) is 5.15 Å². The molecule has 20 heavy (non-hydrogen) atoms. The van der Waals surface area contributed by atoms with Crippen LogP contribution in [-0.4, -0.2) is 32.5 Å². The molecule has 5 nitrogen and oxygen atoms in total. The van der Waals surface area contributed by atoms with Gasteiger partial charge in [-0.15, -0.1) is 11.3 Å². The SMILES string of the molecule is O=C(/C=C/c1c(Cl)nc2sccn12)NCC1(O)CCC1. The maximum Gasteiger partial charge on any atom is 0.244 e. The van der Waals surface area contributed by atoms with E-state index in [0.29, 0.717) is 17.4 Å². The summed E-state index contributed by atoms with van der Waals surface area (Å²) in [5.74, 6) is -0.244. The van der Waals surface area contributed by atoms with Gasteiger partial charge in [0.05, 0.1) is 11.3 Å². The molecule has 0 saturated heterocycles. The van der Waals surface area contributed by atoms with Crippen molar-refractivity contribution >= 4 is 39.9 Å². The topological polar surface area (TPSA) is 66.6 Å². The number of imidazole rings is 1. The van der Waals surface area contributed by atoms with Gasteiger partial charge in [0.2, 0.25) is 5.91 Å². The van der Waals surface area contributed by atoms with Crippen molar-refractivity contribution in [2.75, 3.05) is 6.54 Å². The summed E-state index contributed by atoms with van der Waals surface area (Å²) in [4.78, 5) is 16.7. The fraction of sp³-hybridized carbons (Fsp3) is 0.385. The summed E-state index contributed by atoms with van der Waals surface area (Å²) in [7, 11) is 0. The van der Waals surface area contributed by atoms with Crippen molar-refractivity contribution in [3.05, 3.63) is 28.5 Å². The van der Waals surface area contributed by atoms with Crippen molar-refractivity contribution in [3.8, 4) is 0 Å². The molecule has 3 rings (SSSR count). The van der Waals surface area contributed by atoms with Crippen LogP contribution in [0.1, 0.15) is 25.0 Å². The van der Waals surface area contributed by atoms with E-state index in [1.54, 1.807) is 6.08 Å². The Morgan fingerprint density at radius 3 is 3.15 bits per heavy atom. The number of aliphatic hydroxyl groups is 1. The normalized spacial score (nSPS) is 17.5. The Hall–Kier alpha value is -1.37. The Balaban J connectivity index is 1.65. The molecule has 1 fully saturated rings. The molecule has 0 aromatic carbocycles. The van der Waals surface area contributed by atoms with Gasteiger partial charge >= 0.3 is 0 Å². The highest BCUT2D eigenvalue weighted by molar-refractivity contribution is 7.15. The summed E-state index contributed by atoms with van der Waals surface area (Å²) >= 11 is 7.51. The van der Waals surface area contributed by atoms with Crippen molar-refractivity contribution in [1.82, 2.24) is 14.7 Å². The Kier molecular flexibility index (Phi) is 3.54. The van der Waals surface area contributed by atoms with Crippen LogP contribution >= 0.6 is 22.9 Å². The zero-order chi connectivity index (χ0) is 14.2. The van der Waals surface area contributed by atoms with E-state index in [1.807, 2.05) is 16.0 Å². The van der Waals surface area contributed by atoms with Crippen molar-refractivity contribution < 1.29 is 9.90 Å². The monoisotopic (exact) mass is 311 g/mol. The highest BCUT2D eigenvalue weighted by Crippen LogP contribution is 2.30. The molecule has 0 unspecified atom stereocenters. The Bertz CT molecular complexity index is 672. The van der Waals surface area contributed by atoms with Gasteiger partial charge in [0.25, 0.3) is 0 Å². The second kappa shape index (κ2) is 5.20. The molecule has 2 N–H and O–H groups in total. The zero-order valence-electron chi connectivity index (χ0n) is 10.7. The minimum Gasteiger partial charge on any atom is -0.388 e. The van der Waals surface area contributed by atoms with Crippen molar-refractivity contribution in [1.29, 1.82) is 0 Å². The summed E-state index contributed by atoms with van der Waals surface area (Å²) in [6.07, 6.45) is 7.42. The van der Waals surface area contributed by atoms with Crippen LogP contribution in [-0.2, 0) is 4.79 Å². The second-order valence-corrected chi connectivity index (χ2v) is 6.20. The lowest BCUT2D eigenvalue weighted by molar-refractivity contribution is -0.118. The standard InChI is InChI=1S/C13H14ClN3O2S/c14-11-9(17-6-7-20-12(17)16-11)2-3-10(18)15-8-13(19)4-1-5-13/h2-3,6-7,19H,1,4-5,8H2,(H,15,18)/b3-2+. The zero-order valence-corrected chi connectivity index (χ0v) is 12.2. The molecular formula is C13H14ClN3O2S. The van der Waals surface area contributed by atoms with E-state index in [2.05, 4.69) is 10.3 Å². The van der Waals surface area contributed by atoms with Crippen LogP contribution in [0.3, 0.4) is 0 Å². The lowest BCUT2D eigenvalue weighted by Gasteiger charge is -2.36. The molecule has 0 bridgehead atoms. The van der Waals surface area contributed by atoms with E-state index in [-0.39, 0.29) is 5.91 Å². The van der Waals surface area contributed by atoms with Gasteiger partial charge in [-0.1, -0.05) is 11.6 Å². The number of amides is 1. The van der Waals surface area contributed by atoms with Gasteiger partial charge in [-0.2, -0.15) is 0 Å².